The van der Waals surface area contributed by atoms with Crippen molar-refractivity contribution in [1.29, 1.82) is 0 Å². The van der Waals surface area contributed by atoms with E-state index in [1.165, 1.54) is 16.1 Å². The minimum atomic E-state index is -0.707. The van der Waals surface area contributed by atoms with Gasteiger partial charge >= 0.3 is 0 Å². The molecule has 2 aromatic heterocycles. The van der Waals surface area contributed by atoms with Crippen molar-refractivity contribution in [2.75, 3.05) is 6.61 Å². The Labute approximate surface area is 146 Å². The normalized spacial score (nSPS) is 12.5. The second kappa shape index (κ2) is 6.72. The highest BCUT2D eigenvalue weighted by molar-refractivity contribution is 5.41. The molecule has 0 unspecified atom stereocenters. The Bertz CT molecular complexity index is 972. The molecule has 0 aliphatic heterocycles. The predicted octanol–water partition coefficient (Wildman–Crippen LogP) is 2.17. The van der Waals surface area contributed by atoms with Gasteiger partial charge in [-0.1, -0.05) is 17.7 Å². The van der Waals surface area contributed by atoms with Gasteiger partial charge in [-0.2, -0.15) is 9.61 Å². The van der Waals surface area contributed by atoms with Gasteiger partial charge in [-0.05, 0) is 39.3 Å². The maximum Gasteiger partial charge on any atom is 0.274 e. The number of aliphatic hydroxyl groups is 1. The summed E-state index contributed by atoms with van der Waals surface area (Å²) < 4.78 is 9.01. The lowest BCUT2D eigenvalue weighted by Crippen LogP contribution is -2.28. The van der Waals surface area contributed by atoms with Gasteiger partial charge in [0.25, 0.3) is 5.56 Å². The lowest BCUT2D eigenvalue weighted by Gasteiger charge is -2.18. The van der Waals surface area contributed by atoms with Crippen LogP contribution in [0.2, 0.25) is 0 Å². The van der Waals surface area contributed by atoms with E-state index in [0.29, 0.717) is 12.2 Å². The van der Waals surface area contributed by atoms with Crippen LogP contribution in [-0.2, 0) is 6.54 Å². The first kappa shape index (κ1) is 17.2. The first-order valence-corrected chi connectivity index (χ1v) is 8.30. The number of fused-ring (bicyclic) bond motifs is 1. The third kappa shape index (κ3) is 3.58. The minimum absolute atomic E-state index is 0.169. The third-order valence-electron chi connectivity index (χ3n) is 4.21. The molecule has 25 heavy (non-hydrogen) atoms. The summed E-state index contributed by atoms with van der Waals surface area (Å²) in [5, 5.41) is 14.6. The Hall–Kier alpha value is -2.60. The van der Waals surface area contributed by atoms with Gasteiger partial charge in [0.2, 0.25) is 0 Å². The summed E-state index contributed by atoms with van der Waals surface area (Å²) in [4.78, 5) is 12.0. The number of hydrogen-bond acceptors (Lipinski definition) is 4. The number of ether oxygens (including phenoxy) is 1. The van der Waals surface area contributed by atoms with Crippen molar-refractivity contribution in [2.24, 2.45) is 0 Å². The summed E-state index contributed by atoms with van der Waals surface area (Å²) in [5.41, 5.74) is 4.26. The highest BCUT2D eigenvalue weighted by Gasteiger charge is 2.13. The second-order valence-corrected chi connectivity index (χ2v) is 6.52. The van der Waals surface area contributed by atoms with Crippen LogP contribution in [0.4, 0.5) is 0 Å². The average molecular weight is 341 g/mol. The van der Waals surface area contributed by atoms with E-state index in [0.717, 1.165) is 22.7 Å². The van der Waals surface area contributed by atoms with Gasteiger partial charge in [0.05, 0.1) is 12.2 Å². The quantitative estimate of drug-likeness (QED) is 0.772. The first-order valence-electron chi connectivity index (χ1n) is 8.30. The Morgan fingerprint density at radius 2 is 1.92 bits per heavy atom. The van der Waals surface area contributed by atoms with Crippen molar-refractivity contribution in [3.8, 4) is 5.75 Å². The molecule has 0 bridgehead atoms. The smallest absolute Gasteiger partial charge is 0.274 e. The number of aryl methyl sites for hydroxylation is 4. The second-order valence-electron chi connectivity index (χ2n) is 6.52. The molecule has 0 saturated heterocycles. The van der Waals surface area contributed by atoms with E-state index in [2.05, 4.69) is 5.10 Å². The van der Waals surface area contributed by atoms with Crippen LogP contribution in [0.25, 0.3) is 5.65 Å². The summed E-state index contributed by atoms with van der Waals surface area (Å²) in [6, 6.07) is 9.31. The fraction of sp³-hybridized carbons (Fsp3) is 0.368. The first-order chi connectivity index (χ1) is 11.8. The molecule has 0 spiro atoms. The molecule has 0 saturated carbocycles. The molecule has 1 N–H and O–H groups in total. The number of aliphatic hydroxyl groups excluding tert-OH is 1. The molecule has 0 aliphatic carbocycles. The Kier molecular flexibility index (Phi) is 4.63. The van der Waals surface area contributed by atoms with Crippen LogP contribution in [0.5, 0.6) is 5.75 Å². The Balaban J connectivity index is 1.78. The van der Waals surface area contributed by atoms with E-state index in [1.807, 2.05) is 56.5 Å². The molecule has 6 heteroatoms. The van der Waals surface area contributed by atoms with Gasteiger partial charge in [-0.15, -0.1) is 0 Å². The van der Waals surface area contributed by atoms with Crippen LogP contribution < -0.4 is 10.3 Å². The molecule has 0 fully saturated rings. The zero-order chi connectivity index (χ0) is 18.1. The van der Waals surface area contributed by atoms with Gasteiger partial charge < -0.3 is 14.4 Å². The van der Waals surface area contributed by atoms with Gasteiger partial charge in [-0.25, -0.2) is 0 Å². The van der Waals surface area contributed by atoms with Crippen LogP contribution in [0, 0.1) is 27.7 Å². The molecule has 0 radical (unpaired) electrons. The number of aromatic nitrogens is 3. The van der Waals surface area contributed by atoms with Gasteiger partial charge in [-0.3, -0.25) is 4.79 Å². The number of hydrogen-bond donors (Lipinski definition) is 1. The van der Waals surface area contributed by atoms with Crippen molar-refractivity contribution in [2.45, 2.75) is 40.3 Å². The molecule has 2 heterocycles. The van der Waals surface area contributed by atoms with Crippen molar-refractivity contribution in [1.82, 2.24) is 14.2 Å². The zero-order valence-corrected chi connectivity index (χ0v) is 15.0. The minimum Gasteiger partial charge on any atom is -0.491 e. The van der Waals surface area contributed by atoms with E-state index >= 15 is 0 Å². The van der Waals surface area contributed by atoms with Gasteiger partial charge in [0.15, 0.2) is 0 Å². The van der Waals surface area contributed by atoms with Crippen LogP contribution in [0.3, 0.4) is 0 Å². The highest BCUT2D eigenvalue weighted by atomic mass is 16.5. The van der Waals surface area contributed by atoms with Crippen LogP contribution in [0.15, 0.2) is 35.1 Å². The maximum absolute atomic E-state index is 12.0. The number of nitrogens with zero attached hydrogens (tertiary/aromatic N) is 3. The van der Waals surface area contributed by atoms with Gasteiger partial charge in [0, 0.05) is 17.8 Å². The zero-order valence-electron chi connectivity index (χ0n) is 15.0. The molecule has 3 rings (SSSR count). The summed E-state index contributed by atoms with van der Waals surface area (Å²) >= 11 is 0. The highest BCUT2D eigenvalue weighted by Crippen LogP contribution is 2.19. The van der Waals surface area contributed by atoms with Crippen molar-refractivity contribution in [3.63, 3.8) is 0 Å². The standard InChI is InChI=1S/C19H23N3O3/c1-12-5-6-17(13(2)7-12)25-11-16(23)10-21-15(4)9-19(24)22-18(21)8-14(3)20-22/h5-9,16,23H,10-11H2,1-4H3/t16-/m1/s1. The molecule has 0 amide bonds. The predicted molar refractivity (Wildman–Crippen MR) is 96.3 cm³/mol. The number of benzene rings is 1. The maximum atomic E-state index is 12.0. The van der Waals surface area contributed by atoms with Crippen LogP contribution >= 0.6 is 0 Å². The molecule has 3 aromatic rings. The van der Waals surface area contributed by atoms with Crippen molar-refractivity contribution < 1.29 is 9.84 Å². The van der Waals surface area contributed by atoms with E-state index in [1.54, 1.807) is 0 Å². The summed E-state index contributed by atoms with van der Waals surface area (Å²) in [7, 11) is 0. The molecule has 1 aromatic carbocycles. The summed E-state index contributed by atoms with van der Waals surface area (Å²) in [6.45, 7) is 8.20. The van der Waals surface area contributed by atoms with Crippen molar-refractivity contribution in [3.05, 3.63) is 63.2 Å². The van der Waals surface area contributed by atoms with E-state index in [9.17, 15) is 9.90 Å². The fourth-order valence-electron chi connectivity index (χ4n) is 2.99. The van der Waals surface area contributed by atoms with Crippen LogP contribution in [0.1, 0.15) is 22.5 Å². The molecule has 6 nitrogen and oxygen atoms in total. The Morgan fingerprint density at radius 3 is 2.64 bits per heavy atom. The van der Waals surface area contributed by atoms with E-state index in [-0.39, 0.29) is 12.2 Å². The van der Waals surface area contributed by atoms with Crippen molar-refractivity contribution >= 4 is 5.65 Å². The molecule has 1 atom stereocenters. The average Bonchev–Trinajstić information content (AvgIpc) is 2.93. The number of rotatable bonds is 5. The molecular formula is C19H23N3O3. The lowest BCUT2D eigenvalue weighted by atomic mass is 10.1. The fourth-order valence-corrected chi connectivity index (χ4v) is 2.99. The van der Waals surface area contributed by atoms with E-state index < -0.39 is 6.10 Å². The molecule has 0 aliphatic rings. The largest absolute Gasteiger partial charge is 0.491 e. The topological polar surface area (TPSA) is 68.8 Å². The third-order valence-corrected chi connectivity index (χ3v) is 4.21. The van der Waals surface area contributed by atoms with E-state index in [4.69, 9.17) is 4.74 Å². The SMILES string of the molecule is Cc1ccc(OC[C@H](O)Cn2c(C)cc(=O)n3nc(C)cc23)c(C)c1. The van der Waals surface area contributed by atoms with Gasteiger partial charge in [0.1, 0.15) is 24.1 Å². The molecular weight excluding hydrogens is 318 g/mol. The van der Waals surface area contributed by atoms with Crippen LogP contribution in [-0.4, -0.2) is 32.0 Å². The summed E-state index contributed by atoms with van der Waals surface area (Å²) in [6.07, 6.45) is -0.707. The Morgan fingerprint density at radius 1 is 1.16 bits per heavy atom. The summed E-state index contributed by atoms with van der Waals surface area (Å²) in [5.74, 6) is 0.770. The monoisotopic (exact) mass is 341 g/mol. The molecule has 132 valence electrons. The lowest BCUT2D eigenvalue weighted by molar-refractivity contribution is 0.0923.